The maximum Gasteiger partial charge on any atom is 0.167 e. The van der Waals surface area contributed by atoms with Crippen LogP contribution < -0.4 is 0 Å². The number of carbonyl (C=O) groups is 2. The molecule has 4 aromatic carbocycles. The molecule has 0 heterocycles. The number of aryl methyl sites for hydroxylation is 5. The molecule has 0 aliphatic heterocycles. The monoisotopic (exact) mass is 474 g/mol. The van der Waals surface area contributed by atoms with Crippen molar-refractivity contribution in [1.82, 2.24) is 0 Å². The number of hydrogen-bond acceptors (Lipinski definition) is 2. The Hall–Kier alpha value is -3.78. The van der Waals surface area contributed by atoms with Gasteiger partial charge < -0.3 is 0 Å². The molecule has 2 heteroatoms. The molecule has 36 heavy (non-hydrogen) atoms. The van der Waals surface area contributed by atoms with Crippen LogP contribution in [0.5, 0.6) is 0 Å². The quantitative estimate of drug-likeness (QED) is 0.252. The van der Waals surface area contributed by atoms with Crippen molar-refractivity contribution in [2.45, 2.75) is 54.4 Å². The van der Waals surface area contributed by atoms with Crippen LogP contribution in [0.15, 0.2) is 72.8 Å². The van der Waals surface area contributed by atoms with Crippen LogP contribution in [0, 0.1) is 27.7 Å². The number of hydrogen-bond donors (Lipinski definition) is 0. The third-order valence-electron chi connectivity index (χ3n) is 7.12. The van der Waals surface area contributed by atoms with Gasteiger partial charge in [0.25, 0.3) is 0 Å². The topological polar surface area (TPSA) is 34.1 Å². The molecule has 0 saturated heterocycles. The first kappa shape index (κ1) is 25.3. The molecule has 0 bridgehead atoms. The average molecular weight is 475 g/mol. The van der Waals surface area contributed by atoms with E-state index in [4.69, 9.17) is 0 Å². The first-order valence-electron chi connectivity index (χ1n) is 12.6. The number of Topliss-reactive ketones (excluding diaryl/α,β-unsaturated/α-hetero) is 2. The number of rotatable bonds is 7. The van der Waals surface area contributed by atoms with Gasteiger partial charge in [-0.25, -0.2) is 0 Å². The van der Waals surface area contributed by atoms with Crippen LogP contribution in [-0.4, -0.2) is 11.6 Å². The number of benzene rings is 4. The second kappa shape index (κ2) is 10.5. The summed E-state index contributed by atoms with van der Waals surface area (Å²) < 4.78 is 0. The lowest BCUT2D eigenvalue weighted by molar-refractivity contribution is 0.0990. The maximum absolute atomic E-state index is 13.2. The Morgan fingerprint density at radius 3 is 1.44 bits per heavy atom. The Labute approximate surface area is 215 Å². The molecule has 0 saturated carbocycles. The second-order valence-electron chi connectivity index (χ2n) is 9.87. The minimum absolute atomic E-state index is 0.0649. The van der Waals surface area contributed by atoms with Crippen molar-refractivity contribution in [2.75, 3.05) is 0 Å². The van der Waals surface area contributed by atoms with E-state index in [9.17, 15) is 9.59 Å². The summed E-state index contributed by atoms with van der Waals surface area (Å²) in [5.41, 5.74) is 13.0. The Kier molecular flexibility index (Phi) is 7.35. The van der Waals surface area contributed by atoms with E-state index in [0.29, 0.717) is 6.42 Å². The Morgan fingerprint density at radius 1 is 0.556 bits per heavy atom. The van der Waals surface area contributed by atoms with Crippen LogP contribution in [0.1, 0.15) is 67.9 Å². The highest BCUT2D eigenvalue weighted by Gasteiger charge is 2.13. The standard InChI is InChI=1S/C34H34O2/c1-7-26-8-12-30(21(2)16-26)31-13-9-27(17-22(31)3)20-34(36)29-11-15-33(24(5)19-29)32-14-10-28(25(6)35)18-23(32)4/h8-19H,7,20H2,1-6H3. The molecule has 4 rings (SSSR count). The zero-order valence-electron chi connectivity index (χ0n) is 22.2. The van der Waals surface area contributed by atoms with Crippen molar-refractivity contribution < 1.29 is 9.59 Å². The summed E-state index contributed by atoms with van der Waals surface area (Å²) in [6, 6.07) is 24.8. The number of ketones is 2. The highest BCUT2D eigenvalue weighted by atomic mass is 16.1. The van der Waals surface area contributed by atoms with Gasteiger partial charge in [-0.05, 0) is 109 Å². The van der Waals surface area contributed by atoms with Gasteiger partial charge in [-0.15, -0.1) is 0 Å². The third kappa shape index (κ3) is 5.23. The lowest BCUT2D eigenvalue weighted by Crippen LogP contribution is -2.05. The summed E-state index contributed by atoms with van der Waals surface area (Å²) in [7, 11) is 0. The first-order valence-corrected chi connectivity index (χ1v) is 12.6. The molecule has 0 aliphatic rings. The fraction of sp³-hybridized carbons (Fsp3) is 0.235. The molecule has 2 nitrogen and oxygen atoms in total. The van der Waals surface area contributed by atoms with Crippen molar-refractivity contribution in [3.8, 4) is 22.3 Å². The largest absolute Gasteiger partial charge is 0.295 e. The van der Waals surface area contributed by atoms with Crippen LogP contribution in [0.25, 0.3) is 22.3 Å². The molecular formula is C34H34O2. The van der Waals surface area contributed by atoms with Crippen LogP contribution in [-0.2, 0) is 12.8 Å². The third-order valence-corrected chi connectivity index (χ3v) is 7.12. The molecule has 0 N–H and O–H groups in total. The molecule has 0 fully saturated rings. The smallest absolute Gasteiger partial charge is 0.167 e. The van der Waals surface area contributed by atoms with E-state index >= 15 is 0 Å². The Balaban J connectivity index is 1.54. The molecule has 0 unspecified atom stereocenters. The first-order chi connectivity index (χ1) is 17.2. The summed E-state index contributed by atoms with van der Waals surface area (Å²) in [5, 5.41) is 0. The zero-order valence-corrected chi connectivity index (χ0v) is 22.2. The molecule has 0 radical (unpaired) electrons. The van der Waals surface area contributed by atoms with Gasteiger partial charge in [0.15, 0.2) is 11.6 Å². The summed E-state index contributed by atoms with van der Waals surface area (Å²) in [5.74, 6) is 0.180. The van der Waals surface area contributed by atoms with E-state index in [0.717, 1.165) is 45.4 Å². The van der Waals surface area contributed by atoms with E-state index < -0.39 is 0 Å². The van der Waals surface area contributed by atoms with Crippen molar-refractivity contribution in [1.29, 1.82) is 0 Å². The van der Waals surface area contributed by atoms with Crippen molar-refractivity contribution >= 4 is 11.6 Å². The van der Waals surface area contributed by atoms with Gasteiger partial charge in [0, 0.05) is 17.5 Å². The van der Waals surface area contributed by atoms with Gasteiger partial charge in [-0.2, -0.15) is 0 Å². The molecule has 0 amide bonds. The lowest BCUT2D eigenvalue weighted by atomic mass is 9.91. The van der Waals surface area contributed by atoms with Gasteiger partial charge >= 0.3 is 0 Å². The predicted octanol–water partition coefficient (Wildman–Crippen LogP) is 8.44. The zero-order chi connectivity index (χ0) is 26.0. The SMILES string of the molecule is CCc1ccc(-c2ccc(CC(=O)c3ccc(-c4ccc(C(C)=O)cc4C)c(C)c3)cc2C)c(C)c1. The average Bonchev–Trinajstić information content (AvgIpc) is 2.84. The van der Waals surface area contributed by atoms with E-state index in [1.165, 1.54) is 27.8 Å². The van der Waals surface area contributed by atoms with E-state index in [1.54, 1.807) is 6.92 Å². The van der Waals surface area contributed by atoms with Gasteiger partial charge in [-0.1, -0.05) is 67.6 Å². The van der Waals surface area contributed by atoms with Gasteiger partial charge in [0.05, 0.1) is 0 Å². The van der Waals surface area contributed by atoms with E-state index in [1.807, 2.05) is 50.2 Å². The minimum Gasteiger partial charge on any atom is -0.295 e. The highest BCUT2D eigenvalue weighted by Crippen LogP contribution is 2.30. The van der Waals surface area contributed by atoms with Crippen LogP contribution in [0.4, 0.5) is 0 Å². The number of carbonyl (C=O) groups excluding carboxylic acids is 2. The molecular weight excluding hydrogens is 440 g/mol. The second-order valence-corrected chi connectivity index (χ2v) is 9.87. The van der Waals surface area contributed by atoms with Crippen molar-refractivity contribution in [3.05, 3.63) is 117 Å². The van der Waals surface area contributed by atoms with E-state index in [2.05, 4.69) is 57.2 Å². The minimum atomic E-state index is 0.0649. The lowest BCUT2D eigenvalue weighted by Gasteiger charge is -2.13. The summed E-state index contributed by atoms with van der Waals surface area (Å²) in [6.45, 7) is 12.1. The van der Waals surface area contributed by atoms with Gasteiger partial charge in [-0.3, -0.25) is 9.59 Å². The molecule has 0 spiro atoms. The summed E-state index contributed by atoms with van der Waals surface area (Å²) in [4.78, 5) is 24.8. The molecule has 0 aromatic heterocycles. The van der Waals surface area contributed by atoms with Crippen molar-refractivity contribution in [2.24, 2.45) is 0 Å². The fourth-order valence-corrected chi connectivity index (χ4v) is 5.00. The van der Waals surface area contributed by atoms with Gasteiger partial charge in [0.1, 0.15) is 0 Å². The van der Waals surface area contributed by atoms with Crippen LogP contribution in [0.3, 0.4) is 0 Å². The Morgan fingerprint density at radius 2 is 0.972 bits per heavy atom. The Bertz CT molecular complexity index is 1470. The van der Waals surface area contributed by atoms with Crippen LogP contribution >= 0.6 is 0 Å². The fourth-order valence-electron chi connectivity index (χ4n) is 5.00. The molecule has 4 aromatic rings. The normalized spacial score (nSPS) is 10.9. The van der Waals surface area contributed by atoms with Crippen molar-refractivity contribution in [3.63, 3.8) is 0 Å². The van der Waals surface area contributed by atoms with Crippen LogP contribution in [0.2, 0.25) is 0 Å². The summed E-state index contributed by atoms with van der Waals surface area (Å²) in [6.07, 6.45) is 1.41. The summed E-state index contributed by atoms with van der Waals surface area (Å²) >= 11 is 0. The maximum atomic E-state index is 13.2. The molecule has 0 aliphatic carbocycles. The van der Waals surface area contributed by atoms with Gasteiger partial charge in [0.2, 0.25) is 0 Å². The van der Waals surface area contributed by atoms with E-state index in [-0.39, 0.29) is 11.6 Å². The molecule has 0 atom stereocenters. The predicted molar refractivity (Wildman–Crippen MR) is 150 cm³/mol. The highest BCUT2D eigenvalue weighted by molar-refractivity contribution is 5.99. The molecule has 182 valence electrons.